The minimum atomic E-state index is -1.14. The lowest BCUT2D eigenvalue weighted by molar-refractivity contribution is -0.148. The third-order valence-corrected chi connectivity index (χ3v) is 5.92. The highest BCUT2D eigenvalue weighted by Gasteiger charge is 2.45. The molecule has 2 unspecified atom stereocenters. The Labute approximate surface area is 191 Å². The van der Waals surface area contributed by atoms with Gasteiger partial charge in [0.25, 0.3) is 17.7 Å². The first kappa shape index (κ1) is 22.9. The van der Waals surface area contributed by atoms with Gasteiger partial charge in [-0.05, 0) is 42.2 Å². The first-order chi connectivity index (χ1) is 16.0. The monoisotopic (exact) mass is 454 g/mol. The Balaban J connectivity index is 1.55. The molecule has 3 N–H and O–H groups in total. The number of carbonyl (C=O) groups excluding carboxylic acids is 3. The minimum Gasteiger partial charge on any atom is -0.368 e. The van der Waals surface area contributed by atoms with Crippen molar-refractivity contribution in [2.24, 2.45) is 5.73 Å². The summed E-state index contributed by atoms with van der Waals surface area (Å²) in [7, 11) is 0. The lowest BCUT2D eigenvalue weighted by atomic mass is 10.1. The zero-order valence-electron chi connectivity index (χ0n) is 18.2. The van der Waals surface area contributed by atoms with E-state index in [2.05, 4.69) is 5.32 Å². The summed E-state index contributed by atoms with van der Waals surface area (Å²) in [5.41, 5.74) is 7.59. The Hall–Kier alpha value is -3.30. The van der Waals surface area contributed by atoms with Crippen molar-refractivity contribution >= 4 is 17.7 Å². The van der Waals surface area contributed by atoms with E-state index in [1.54, 1.807) is 0 Å². The zero-order chi connectivity index (χ0) is 23.4. The first-order valence-electron chi connectivity index (χ1n) is 11.0. The lowest BCUT2D eigenvalue weighted by Crippen LogP contribution is -2.55. The lowest BCUT2D eigenvalue weighted by Gasteiger charge is -2.30. The van der Waals surface area contributed by atoms with Crippen molar-refractivity contribution in [2.75, 3.05) is 19.7 Å². The van der Waals surface area contributed by atoms with Crippen LogP contribution in [-0.2, 0) is 27.4 Å². The Morgan fingerprint density at radius 1 is 1.06 bits per heavy atom. The molecular weight excluding hydrogens is 427 g/mol. The maximum absolute atomic E-state index is 13.7. The van der Waals surface area contributed by atoms with E-state index in [0.29, 0.717) is 19.6 Å². The third kappa shape index (κ3) is 5.04. The number of hydrogen-bond donors (Lipinski definition) is 2. The van der Waals surface area contributed by atoms with Crippen LogP contribution in [0.2, 0.25) is 0 Å². The molecule has 2 aromatic rings. The highest BCUT2D eigenvalue weighted by molar-refractivity contribution is 5.99. The van der Waals surface area contributed by atoms with E-state index in [-0.39, 0.29) is 31.1 Å². The number of nitrogens with zero attached hydrogens (tertiary/aromatic N) is 2. The minimum absolute atomic E-state index is 0.120. The molecule has 2 fully saturated rings. The van der Waals surface area contributed by atoms with Gasteiger partial charge in [-0.15, -0.1) is 0 Å². The van der Waals surface area contributed by atoms with Crippen LogP contribution >= 0.6 is 0 Å². The summed E-state index contributed by atoms with van der Waals surface area (Å²) in [6.07, 6.45) is -0.418. The average Bonchev–Trinajstić information content (AvgIpc) is 3.52. The highest BCUT2D eigenvalue weighted by Crippen LogP contribution is 2.23. The fourth-order valence-corrected chi connectivity index (χ4v) is 4.25. The van der Waals surface area contributed by atoms with E-state index in [1.807, 2.05) is 24.3 Å². The van der Waals surface area contributed by atoms with Crippen LogP contribution in [-0.4, -0.2) is 59.5 Å². The van der Waals surface area contributed by atoms with Gasteiger partial charge in [-0.25, -0.2) is 4.39 Å². The van der Waals surface area contributed by atoms with Crippen LogP contribution in [0.1, 0.15) is 34.3 Å². The molecule has 0 aromatic heterocycles. The molecule has 0 radical (unpaired) electrons. The predicted molar refractivity (Wildman–Crippen MR) is 118 cm³/mol. The molecule has 0 bridgehead atoms. The molecule has 9 heteroatoms. The van der Waals surface area contributed by atoms with Crippen molar-refractivity contribution in [1.82, 2.24) is 15.1 Å². The Morgan fingerprint density at radius 3 is 2.55 bits per heavy atom. The van der Waals surface area contributed by atoms with E-state index in [1.165, 1.54) is 28.0 Å². The topological polar surface area (TPSA) is 105 Å². The van der Waals surface area contributed by atoms with Gasteiger partial charge in [-0.2, -0.15) is 0 Å². The summed E-state index contributed by atoms with van der Waals surface area (Å²) >= 11 is 0. The fourth-order valence-electron chi connectivity index (χ4n) is 4.25. The molecular formula is C24H27FN4O4. The average molecular weight is 455 g/mol. The molecule has 8 nitrogen and oxygen atoms in total. The van der Waals surface area contributed by atoms with E-state index in [4.69, 9.17) is 10.5 Å². The SMILES string of the molecule is NCc1cccc(CNC(=O)C2N(C(=O)c3cccc(F)c3)CCN2C(=O)C2CCCO2)c1. The summed E-state index contributed by atoms with van der Waals surface area (Å²) in [6.45, 7) is 1.44. The number of hydrogen-bond acceptors (Lipinski definition) is 5. The second kappa shape index (κ2) is 10.1. The maximum atomic E-state index is 13.7. The van der Waals surface area contributed by atoms with Crippen LogP contribution in [0.3, 0.4) is 0 Å². The molecule has 2 atom stereocenters. The van der Waals surface area contributed by atoms with Crippen LogP contribution in [0.15, 0.2) is 48.5 Å². The van der Waals surface area contributed by atoms with E-state index >= 15 is 0 Å². The van der Waals surface area contributed by atoms with E-state index in [9.17, 15) is 18.8 Å². The molecule has 2 aromatic carbocycles. The zero-order valence-corrected chi connectivity index (χ0v) is 18.2. The number of nitrogens with one attached hydrogen (secondary N) is 1. The van der Waals surface area contributed by atoms with Crippen LogP contribution < -0.4 is 11.1 Å². The molecule has 33 heavy (non-hydrogen) atoms. The number of nitrogens with two attached hydrogens (primary N) is 1. The van der Waals surface area contributed by atoms with Gasteiger partial charge >= 0.3 is 0 Å². The van der Waals surface area contributed by atoms with Crippen LogP contribution in [0.4, 0.5) is 4.39 Å². The molecule has 2 aliphatic heterocycles. The van der Waals surface area contributed by atoms with Gasteiger partial charge in [0.2, 0.25) is 0 Å². The van der Waals surface area contributed by atoms with Crippen LogP contribution in [0.5, 0.6) is 0 Å². The maximum Gasteiger partial charge on any atom is 0.264 e. The number of ether oxygens (including phenoxy) is 1. The molecule has 0 spiro atoms. The van der Waals surface area contributed by atoms with Gasteiger partial charge in [-0.3, -0.25) is 14.4 Å². The second-order valence-corrected chi connectivity index (χ2v) is 8.16. The van der Waals surface area contributed by atoms with Gasteiger partial charge < -0.3 is 25.6 Å². The summed E-state index contributed by atoms with van der Waals surface area (Å²) in [4.78, 5) is 42.2. The molecule has 2 saturated heterocycles. The first-order valence-corrected chi connectivity index (χ1v) is 11.0. The van der Waals surface area contributed by atoms with E-state index < -0.39 is 29.9 Å². The normalized spacial score (nSPS) is 20.2. The van der Waals surface area contributed by atoms with Gasteiger partial charge in [0.1, 0.15) is 11.9 Å². The highest BCUT2D eigenvalue weighted by atomic mass is 19.1. The van der Waals surface area contributed by atoms with Crippen molar-refractivity contribution in [3.63, 3.8) is 0 Å². The van der Waals surface area contributed by atoms with Gasteiger partial charge in [-0.1, -0.05) is 30.3 Å². The summed E-state index contributed by atoms with van der Waals surface area (Å²) in [6, 6.07) is 12.8. The molecule has 3 amide bonds. The van der Waals surface area contributed by atoms with Crippen LogP contribution in [0, 0.1) is 5.82 Å². The standard InChI is InChI=1S/C24H27FN4O4/c25-19-7-2-6-18(13-19)23(31)28-9-10-29(24(32)20-8-3-11-33-20)22(28)21(30)27-15-17-5-1-4-16(12-17)14-26/h1-2,4-7,12-13,20,22H,3,8-11,14-15,26H2,(H,27,30). The molecule has 174 valence electrons. The number of carbonyl (C=O) groups is 3. The van der Waals surface area contributed by atoms with Crippen molar-refractivity contribution in [2.45, 2.75) is 38.2 Å². The Bertz CT molecular complexity index is 1040. The van der Waals surface area contributed by atoms with Crippen LogP contribution in [0.25, 0.3) is 0 Å². The van der Waals surface area contributed by atoms with Crippen molar-refractivity contribution < 1.29 is 23.5 Å². The smallest absolute Gasteiger partial charge is 0.264 e. The Morgan fingerprint density at radius 2 is 1.82 bits per heavy atom. The number of benzene rings is 2. The molecule has 2 heterocycles. The number of rotatable bonds is 6. The molecule has 0 saturated carbocycles. The molecule has 4 rings (SSSR count). The second-order valence-electron chi connectivity index (χ2n) is 8.16. The van der Waals surface area contributed by atoms with Gasteiger partial charge in [0.05, 0.1) is 0 Å². The quantitative estimate of drug-likeness (QED) is 0.687. The largest absolute Gasteiger partial charge is 0.368 e. The van der Waals surface area contributed by atoms with Crippen molar-refractivity contribution in [3.8, 4) is 0 Å². The summed E-state index contributed by atoms with van der Waals surface area (Å²) < 4.78 is 19.2. The fraction of sp³-hybridized carbons (Fsp3) is 0.375. The van der Waals surface area contributed by atoms with Gasteiger partial charge in [0, 0.05) is 38.3 Å². The number of amides is 3. The third-order valence-electron chi connectivity index (χ3n) is 5.92. The van der Waals surface area contributed by atoms with E-state index in [0.717, 1.165) is 23.6 Å². The summed E-state index contributed by atoms with van der Waals surface area (Å²) in [5, 5.41) is 2.83. The summed E-state index contributed by atoms with van der Waals surface area (Å²) in [5.74, 6) is -1.86. The molecule has 2 aliphatic rings. The number of halogens is 1. The van der Waals surface area contributed by atoms with Crippen molar-refractivity contribution in [1.29, 1.82) is 0 Å². The van der Waals surface area contributed by atoms with Gasteiger partial charge in [0.15, 0.2) is 6.17 Å². The predicted octanol–water partition coefficient (Wildman–Crippen LogP) is 1.39. The van der Waals surface area contributed by atoms with Crippen molar-refractivity contribution in [3.05, 3.63) is 71.0 Å². The Kier molecular flexibility index (Phi) is 7.00. The molecule has 0 aliphatic carbocycles.